The lowest BCUT2D eigenvalue weighted by atomic mass is 10.0. The van der Waals surface area contributed by atoms with E-state index in [1.807, 2.05) is 0 Å². The van der Waals surface area contributed by atoms with E-state index in [-0.39, 0.29) is 21.7 Å². The lowest BCUT2D eigenvalue weighted by molar-refractivity contribution is 0.0917. The van der Waals surface area contributed by atoms with Crippen LogP contribution in [0.4, 0.5) is 25.5 Å². The van der Waals surface area contributed by atoms with Crippen LogP contribution in [0.3, 0.4) is 0 Å². The molecule has 1 unspecified atom stereocenters. The highest BCUT2D eigenvalue weighted by atomic mass is 32.1. The molecule has 0 bridgehead atoms. The van der Waals surface area contributed by atoms with E-state index >= 15 is 0 Å². The smallest absolute Gasteiger partial charge is 0.252 e. The van der Waals surface area contributed by atoms with Crippen molar-refractivity contribution < 1.29 is 18.4 Å². The molecule has 1 aromatic carbocycles. The number of carbonyl (C=O) groups excluding carboxylic acids is 2. The molecule has 3 heterocycles. The van der Waals surface area contributed by atoms with E-state index in [9.17, 15) is 18.4 Å². The Balaban J connectivity index is 1.39. The minimum atomic E-state index is -0.973. The van der Waals surface area contributed by atoms with Gasteiger partial charge in [0, 0.05) is 18.8 Å². The van der Waals surface area contributed by atoms with Crippen LogP contribution in [-0.4, -0.2) is 52.2 Å². The minimum absolute atomic E-state index is 0.0867. The van der Waals surface area contributed by atoms with Crippen molar-refractivity contribution in [3.8, 4) is 0 Å². The van der Waals surface area contributed by atoms with E-state index < -0.39 is 23.0 Å². The number of nitrogens with two attached hydrogens (primary N) is 1. The number of likely N-dealkylation sites (N-methyl/N-ethyl adjacent to an activating group) is 1. The molecule has 3 aromatic rings. The minimum Gasteiger partial charge on any atom is -0.382 e. The monoisotopic (exact) mass is 500 g/mol. The predicted molar refractivity (Wildman–Crippen MR) is 131 cm³/mol. The second-order valence-corrected chi connectivity index (χ2v) is 9.20. The van der Waals surface area contributed by atoms with E-state index in [4.69, 9.17) is 5.73 Å². The SMILES string of the molecule is CCN1CCCCC1CNC(=O)c1ccc(Nc2nc(N)c(C(=O)c3c(F)cccc3F)s2)nc1. The molecular weight excluding hydrogens is 474 g/mol. The first kappa shape index (κ1) is 24.7. The normalized spacial score (nSPS) is 16.1. The number of anilines is 3. The standard InChI is InChI=1S/C24H26F2N6O2S/c1-2-32-11-4-3-6-15(32)13-29-23(34)14-9-10-18(28-12-14)30-24-31-22(27)21(35-24)20(33)19-16(25)7-5-8-17(19)26/h5,7-10,12,15H,2-4,6,11,13,27H2,1H3,(H,29,34)(H,28,30,31). The average Bonchev–Trinajstić information content (AvgIpc) is 3.22. The van der Waals surface area contributed by atoms with Crippen LogP contribution in [0.15, 0.2) is 36.5 Å². The van der Waals surface area contributed by atoms with Crippen molar-refractivity contribution in [2.24, 2.45) is 0 Å². The molecular formula is C24H26F2N6O2S. The van der Waals surface area contributed by atoms with Gasteiger partial charge in [-0.25, -0.2) is 18.7 Å². The third-order valence-corrected chi connectivity index (χ3v) is 6.95. The average molecular weight is 501 g/mol. The summed E-state index contributed by atoms with van der Waals surface area (Å²) in [5.74, 6) is -2.81. The number of pyridine rings is 1. The fourth-order valence-corrected chi connectivity index (χ4v) is 4.95. The summed E-state index contributed by atoms with van der Waals surface area (Å²) < 4.78 is 28.0. The summed E-state index contributed by atoms with van der Waals surface area (Å²) in [6, 6.07) is 6.75. The summed E-state index contributed by atoms with van der Waals surface area (Å²) in [5.41, 5.74) is 5.56. The molecule has 1 aliphatic heterocycles. The second-order valence-electron chi connectivity index (χ2n) is 8.20. The van der Waals surface area contributed by atoms with Gasteiger partial charge in [0.15, 0.2) is 5.13 Å². The maximum atomic E-state index is 14.0. The summed E-state index contributed by atoms with van der Waals surface area (Å²) in [6.45, 7) is 4.74. The van der Waals surface area contributed by atoms with Gasteiger partial charge in [-0.2, -0.15) is 0 Å². The van der Waals surface area contributed by atoms with Crippen molar-refractivity contribution in [3.05, 3.63) is 64.2 Å². The first-order chi connectivity index (χ1) is 16.9. The lowest BCUT2D eigenvalue weighted by Gasteiger charge is -2.34. The largest absolute Gasteiger partial charge is 0.382 e. The van der Waals surface area contributed by atoms with Crippen molar-refractivity contribution in [2.45, 2.75) is 32.2 Å². The van der Waals surface area contributed by atoms with Crippen molar-refractivity contribution in [2.75, 3.05) is 30.7 Å². The summed E-state index contributed by atoms with van der Waals surface area (Å²) in [7, 11) is 0. The number of amides is 1. The zero-order valence-corrected chi connectivity index (χ0v) is 20.0. The van der Waals surface area contributed by atoms with Gasteiger partial charge in [-0.1, -0.05) is 30.7 Å². The number of nitrogen functional groups attached to an aromatic ring is 1. The van der Waals surface area contributed by atoms with Crippen LogP contribution in [0.1, 0.15) is 51.8 Å². The summed E-state index contributed by atoms with van der Waals surface area (Å²) >= 11 is 0.857. The van der Waals surface area contributed by atoms with E-state index in [0.29, 0.717) is 24.0 Å². The quantitative estimate of drug-likeness (QED) is 0.401. The van der Waals surface area contributed by atoms with Gasteiger partial charge in [-0.15, -0.1) is 0 Å². The maximum Gasteiger partial charge on any atom is 0.252 e. The zero-order valence-electron chi connectivity index (χ0n) is 19.2. The highest BCUT2D eigenvalue weighted by Gasteiger charge is 2.24. The third-order valence-electron chi connectivity index (χ3n) is 5.96. The summed E-state index contributed by atoms with van der Waals surface area (Å²) in [6.07, 6.45) is 4.87. The number of aromatic nitrogens is 2. The molecule has 1 amide bonds. The van der Waals surface area contributed by atoms with Crippen LogP contribution in [0.5, 0.6) is 0 Å². The molecule has 0 aliphatic carbocycles. The number of piperidine rings is 1. The second kappa shape index (κ2) is 10.9. The number of thiazole rings is 1. The van der Waals surface area contributed by atoms with Gasteiger partial charge in [0.2, 0.25) is 5.78 Å². The maximum absolute atomic E-state index is 14.0. The molecule has 0 spiro atoms. The molecule has 184 valence electrons. The van der Waals surface area contributed by atoms with Gasteiger partial charge >= 0.3 is 0 Å². The lowest BCUT2D eigenvalue weighted by Crippen LogP contribution is -2.46. The van der Waals surface area contributed by atoms with Crippen LogP contribution in [0.25, 0.3) is 0 Å². The van der Waals surface area contributed by atoms with E-state index in [2.05, 4.69) is 32.4 Å². The third kappa shape index (κ3) is 5.63. The molecule has 4 N–H and O–H groups in total. The first-order valence-corrected chi connectivity index (χ1v) is 12.2. The van der Waals surface area contributed by atoms with Gasteiger partial charge in [-0.3, -0.25) is 14.5 Å². The Morgan fingerprint density at radius 1 is 1.20 bits per heavy atom. The number of carbonyl (C=O) groups is 2. The van der Waals surface area contributed by atoms with Crippen molar-refractivity contribution in [3.63, 3.8) is 0 Å². The number of likely N-dealkylation sites (tertiary alicyclic amines) is 1. The number of nitrogens with one attached hydrogen (secondary N) is 2. The molecule has 11 heteroatoms. The highest BCUT2D eigenvalue weighted by molar-refractivity contribution is 7.18. The fourth-order valence-electron chi connectivity index (χ4n) is 4.11. The van der Waals surface area contributed by atoms with Crippen LogP contribution < -0.4 is 16.4 Å². The highest BCUT2D eigenvalue weighted by Crippen LogP contribution is 2.30. The number of nitrogens with zero attached hydrogens (tertiary/aromatic N) is 3. The molecule has 35 heavy (non-hydrogen) atoms. The molecule has 1 saturated heterocycles. The topological polar surface area (TPSA) is 113 Å². The predicted octanol–water partition coefficient (Wildman–Crippen LogP) is 3.98. The number of rotatable bonds is 8. The van der Waals surface area contributed by atoms with E-state index in [0.717, 1.165) is 43.0 Å². The van der Waals surface area contributed by atoms with Gasteiger partial charge in [0.05, 0.1) is 11.1 Å². The van der Waals surface area contributed by atoms with Crippen LogP contribution >= 0.6 is 11.3 Å². The van der Waals surface area contributed by atoms with Crippen LogP contribution in [0.2, 0.25) is 0 Å². The Kier molecular flexibility index (Phi) is 7.67. The fraction of sp³-hybridized carbons (Fsp3) is 0.333. The molecule has 1 aliphatic rings. The number of hydrogen-bond donors (Lipinski definition) is 3. The number of benzene rings is 1. The Morgan fingerprint density at radius 3 is 2.66 bits per heavy atom. The van der Waals surface area contributed by atoms with Gasteiger partial charge < -0.3 is 16.4 Å². The summed E-state index contributed by atoms with van der Waals surface area (Å²) in [5, 5.41) is 6.11. The van der Waals surface area contributed by atoms with Crippen molar-refractivity contribution in [1.29, 1.82) is 0 Å². The molecule has 4 rings (SSSR count). The Labute approximate surface area is 205 Å². The number of ketones is 1. The Bertz CT molecular complexity index is 1200. The van der Waals surface area contributed by atoms with Gasteiger partial charge in [-0.05, 0) is 50.2 Å². The number of halogens is 2. The molecule has 1 fully saturated rings. The van der Waals surface area contributed by atoms with Crippen molar-refractivity contribution in [1.82, 2.24) is 20.2 Å². The van der Waals surface area contributed by atoms with Crippen LogP contribution in [0, 0.1) is 11.6 Å². The van der Waals surface area contributed by atoms with E-state index in [1.54, 1.807) is 12.1 Å². The first-order valence-electron chi connectivity index (χ1n) is 11.4. The molecule has 0 saturated carbocycles. The van der Waals surface area contributed by atoms with Gasteiger partial charge in [0.1, 0.15) is 28.1 Å². The Hall–Kier alpha value is -3.44. The van der Waals surface area contributed by atoms with Gasteiger partial charge in [0.25, 0.3) is 5.91 Å². The zero-order chi connectivity index (χ0) is 24.9. The molecule has 8 nitrogen and oxygen atoms in total. The molecule has 2 aromatic heterocycles. The van der Waals surface area contributed by atoms with Crippen molar-refractivity contribution >= 4 is 39.8 Å². The van der Waals surface area contributed by atoms with Crippen LogP contribution in [-0.2, 0) is 0 Å². The Morgan fingerprint density at radius 2 is 1.97 bits per heavy atom. The number of hydrogen-bond acceptors (Lipinski definition) is 8. The molecule has 0 radical (unpaired) electrons. The van der Waals surface area contributed by atoms with E-state index in [1.165, 1.54) is 25.1 Å². The molecule has 1 atom stereocenters. The summed E-state index contributed by atoms with van der Waals surface area (Å²) in [4.78, 5) is 35.8.